The van der Waals surface area contributed by atoms with E-state index in [0.29, 0.717) is 51.7 Å². The van der Waals surface area contributed by atoms with Crippen molar-refractivity contribution in [3.05, 3.63) is 99.6 Å². The number of ether oxygens (including phenoxy) is 1. The van der Waals surface area contributed by atoms with Gasteiger partial charge < -0.3 is 9.64 Å². The maximum atomic E-state index is 13.9. The molecule has 3 aromatic carbocycles. The Morgan fingerprint density at radius 1 is 1.03 bits per heavy atom. The highest BCUT2D eigenvalue weighted by molar-refractivity contribution is 6.33. The molecule has 1 atom stereocenters. The molecule has 0 radical (unpaired) electrons. The lowest BCUT2D eigenvalue weighted by Gasteiger charge is -2.32. The molecule has 35 heavy (non-hydrogen) atoms. The van der Waals surface area contributed by atoms with Gasteiger partial charge in [0.1, 0.15) is 11.6 Å². The predicted molar refractivity (Wildman–Crippen MR) is 140 cm³/mol. The number of para-hydroxylation sites is 3. The van der Waals surface area contributed by atoms with E-state index in [1.165, 1.54) is 0 Å². The molecule has 7 heteroatoms. The fourth-order valence-corrected chi connectivity index (χ4v) is 4.61. The quantitative estimate of drug-likeness (QED) is 0.302. The van der Waals surface area contributed by atoms with E-state index < -0.39 is 6.04 Å². The number of aromatic nitrogens is 2. The SMILES string of the molecule is CCCN(C(=O)c1ccccc1Cl)C(CC)c1nc2ccccc2c(=O)n1-c1ccccc1OC. The number of halogens is 1. The first-order chi connectivity index (χ1) is 17.0. The Morgan fingerprint density at radius 2 is 1.71 bits per heavy atom. The molecule has 1 amide bonds. The van der Waals surface area contributed by atoms with Crippen molar-refractivity contribution in [2.24, 2.45) is 0 Å². The number of rotatable bonds is 8. The van der Waals surface area contributed by atoms with E-state index in [2.05, 4.69) is 0 Å². The lowest BCUT2D eigenvalue weighted by atomic mass is 10.1. The van der Waals surface area contributed by atoms with Crippen LogP contribution in [0.3, 0.4) is 0 Å². The number of methoxy groups -OCH3 is 1. The van der Waals surface area contributed by atoms with Crippen LogP contribution in [0.25, 0.3) is 16.6 Å². The number of nitrogens with zero attached hydrogens (tertiary/aromatic N) is 3. The number of amides is 1. The minimum absolute atomic E-state index is 0.196. The van der Waals surface area contributed by atoms with Gasteiger partial charge in [0.05, 0.1) is 40.3 Å². The second kappa shape index (κ2) is 10.7. The lowest BCUT2D eigenvalue weighted by molar-refractivity contribution is 0.0659. The van der Waals surface area contributed by atoms with Crippen molar-refractivity contribution >= 4 is 28.4 Å². The van der Waals surface area contributed by atoms with Crippen molar-refractivity contribution in [3.63, 3.8) is 0 Å². The predicted octanol–water partition coefficient (Wildman–Crippen LogP) is 6.05. The van der Waals surface area contributed by atoms with Crippen LogP contribution in [-0.2, 0) is 0 Å². The zero-order chi connectivity index (χ0) is 24.9. The van der Waals surface area contributed by atoms with E-state index in [9.17, 15) is 9.59 Å². The molecular weight excluding hydrogens is 462 g/mol. The van der Waals surface area contributed by atoms with Crippen molar-refractivity contribution in [1.82, 2.24) is 14.5 Å². The van der Waals surface area contributed by atoms with Crippen molar-refractivity contribution in [2.75, 3.05) is 13.7 Å². The molecule has 0 aliphatic heterocycles. The summed E-state index contributed by atoms with van der Waals surface area (Å²) in [6.45, 7) is 4.49. The molecule has 1 aromatic heterocycles. The molecule has 4 rings (SSSR count). The van der Waals surface area contributed by atoms with Crippen LogP contribution in [0.4, 0.5) is 0 Å². The van der Waals surface area contributed by atoms with E-state index >= 15 is 0 Å². The van der Waals surface area contributed by atoms with E-state index in [0.717, 1.165) is 6.42 Å². The molecule has 0 N–H and O–H groups in total. The molecule has 0 aliphatic carbocycles. The Balaban J connectivity index is 1.99. The van der Waals surface area contributed by atoms with Gasteiger partial charge in [-0.15, -0.1) is 0 Å². The highest BCUT2D eigenvalue weighted by atomic mass is 35.5. The van der Waals surface area contributed by atoms with Crippen LogP contribution in [0, 0.1) is 0 Å². The van der Waals surface area contributed by atoms with Gasteiger partial charge in [-0.05, 0) is 49.2 Å². The molecule has 4 aromatic rings. The Bertz CT molecular complexity index is 1420. The molecule has 0 spiro atoms. The normalized spacial score (nSPS) is 11.9. The molecule has 0 saturated carbocycles. The van der Waals surface area contributed by atoms with E-state index in [1.807, 2.05) is 50.2 Å². The first kappa shape index (κ1) is 24.5. The van der Waals surface area contributed by atoms with Gasteiger partial charge in [-0.2, -0.15) is 0 Å². The van der Waals surface area contributed by atoms with Gasteiger partial charge in [-0.25, -0.2) is 4.98 Å². The number of hydrogen-bond donors (Lipinski definition) is 0. The second-order valence-electron chi connectivity index (χ2n) is 8.20. The summed E-state index contributed by atoms with van der Waals surface area (Å²) in [5.41, 5.74) is 1.37. The molecule has 1 unspecified atom stereocenters. The number of carbonyl (C=O) groups is 1. The van der Waals surface area contributed by atoms with Crippen LogP contribution in [0.2, 0.25) is 5.02 Å². The zero-order valence-corrected chi connectivity index (χ0v) is 20.8. The molecular formula is C28H28ClN3O3. The van der Waals surface area contributed by atoms with Crippen LogP contribution in [-0.4, -0.2) is 34.0 Å². The number of carbonyl (C=O) groups excluding carboxylic acids is 1. The van der Waals surface area contributed by atoms with Gasteiger partial charge in [0, 0.05) is 6.54 Å². The first-order valence-corrected chi connectivity index (χ1v) is 12.1. The summed E-state index contributed by atoms with van der Waals surface area (Å²) in [5, 5.41) is 0.888. The van der Waals surface area contributed by atoms with E-state index in [4.69, 9.17) is 21.3 Å². The Kier molecular flexibility index (Phi) is 7.51. The zero-order valence-electron chi connectivity index (χ0n) is 20.1. The van der Waals surface area contributed by atoms with Gasteiger partial charge >= 0.3 is 0 Å². The summed E-state index contributed by atoms with van der Waals surface area (Å²) < 4.78 is 7.17. The average Bonchev–Trinajstić information content (AvgIpc) is 2.89. The maximum absolute atomic E-state index is 13.9. The highest BCUT2D eigenvalue weighted by Crippen LogP contribution is 2.31. The standard InChI is InChI=1S/C28H28ClN3O3/c1-4-18-31(27(33)19-12-6-8-14-21(19)29)23(5-2)26-30-22-15-9-7-13-20(22)28(34)32(26)24-16-10-11-17-25(24)35-3/h6-17,23H,4-5,18H2,1-3H3. The largest absolute Gasteiger partial charge is 0.495 e. The van der Waals surface area contributed by atoms with Gasteiger partial charge in [0.15, 0.2) is 0 Å². The van der Waals surface area contributed by atoms with Crippen LogP contribution < -0.4 is 10.3 Å². The number of hydrogen-bond acceptors (Lipinski definition) is 4. The van der Waals surface area contributed by atoms with Crippen molar-refractivity contribution in [2.45, 2.75) is 32.7 Å². The highest BCUT2D eigenvalue weighted by Gasteiger charge is 2.30. The van der Waals surface area contributed by atoms with Crippen molar-refractivity contribution in [3.8, 4) is 11.4 Å². The molecule has 0 saturated heterocycles. The van der Waals surface area contributed by atoms with E-state index in [-0.39, 0.29) is 11.5 Å². The fraction of sp³-hybridized carbons (Fsp3) is 0.250. The minimum Gasteiger partial charge on any atom is -0.495 e. The number of benzene rings is 3. The fourth-order valence-electron chi connectivity index (χ4n) is 4.39. The van der Waals surface area contributed by atoms with Gasteiger partial charge in [-0.3, -0.25) is 14.2 Å². The average molecular weight is 490 g/mol. The third-order valence-corrected chi connectivity index (χ3v) is 6.35. The van der Waals surface area contributed by atoms with Crippen molar-refractivity contribution in [1.29, 1.82) is 0 Å². The molecule has 0 fully saturated rings. The monoisotopic (exact) mass is 489 g/mol. The lowest BCUT2D eigenvalue weighted by Crippen LogP contribution is -2.39. The first-order valence-electron chi connectivity index (χ1n) is 11.7. The molecule has 0 bridgehead atoms. The summed E-state index contributed by atoms with van der Waals surface area (Å²) in [5.74, 6) is 0.829. The molecule has 0 aliphatic rings. The minimum atomic E-state index is -0.471. The van der Waals surface area contributed by atoms with Crippen LogP contribution in [0.5, 0.6) is 5.75 Å². The van der Waals surface area contributed by atoms with Gasteiger partial charge in [0.2, 0.25) is 0 Å². The Morgan fingerprint density at radius 3 is 2.43 bits per heavy atom. The second-order valence-corrected chi connectivity index (χ2v) is 8.61. The Labute approximate surface area is 209 Å². The summed E-state index contributed by atoms with van der Waals surface area (Å²) >= 11 is 6.39. The number of fused-ring (bicyclic) bond motifs is 1. The topological polar surface area (TPSA) is 64.4 Å². The van der Waals surface area contributed by atoms with Gasteiger partial charge in [0.25, 0.3) is 11.5 Å². The summed E-state index contributed by atoms with van der Waals surface area (Å²) in [7, 11) is 1.57. The summed E-state index contributed by atoms with van der Waals surface area (Å²) in [6, 6.07) is 21.1. The summed E-state index contributed by atoms with van der Waals surface area (Å²) in [4.78, 5) is 34.3. The third-order valence-electron chi connectivity index (χ3n) is 6.02. The van der Waals surface area contributed by atoms with Crippen molar-refractivity contribution < 1.29 is 9.53 Å². The van der Waals surface area contributed by atoms with Crippen LogP contribution >= 0.6 is 11.6 Å². The van der Waals surface area contributed by atoms with Crippen LogP contribution in [0.1, 0.15) is 48.9 Å². The Hall–Kier alpha value is -3.64. The molecule has 180 valence electrons. The smallest absolute Gasteiger partial charge is 0.266 e. The third kappa shape index (κ3) is 4.66. The van der Waals surface area contributed by atoms with Gasteiger partial charge in [-0.1, -0.05) is 61.8 Å². The van der Waals surface area contributed by atoms with E-state index in [1.54, 1.807) is 53.0 Å². The maximum Gasteiger partial charge on any atom is 0.266 e. The van der Waals surface area contributed by atoms with Crippen LogP contribution in [0.15, 0.2) is 77.6 Å². The molecule has 1 heterocycles. The summed E-state index contributed by atoms with van der Waals surface area (Å²) in [6.07, 6.45) is 1.29. The molecule has 6 nitrogen and oxygen atoms in total.